The first-order chi connectivity index (χ1) is 12.1. The molecule has 3 rings (SSSR count). The number of nitrogens with zero attached hydrogens (tertiary/aromatic N) is 3. The zero-order valence-corrected chi connectivity index (χ0v) is 16.0. The summed E-state index contributed by atoms with van der Waals surface area (Å²) in [4.78, 5) is 14.5. The van der Waals surface area contributed by atoms with Crippen LogP contribution in [0.4, 0.5) is 11.6 Å². The summed E-state index contributed by atoms with van der Waals surface area (Å²) < 4.78 is 11.6. The first-order valence-electron chi connectivity index (χ1n) is 7.48. The van der Waals surface area contributed by atoms with E-state index in [4.69, 9.17) is 9.47 Å². The number of nitrogens with one attached hydrogen (secondary N) is 1. The molecule has 1 N–H and O–H groups in total. The Hall–Kier alpha value is -2.32. The molecule has 8 heteroatoms. The van der Waals surface area contributed by atoms with Gasteiger partial charge in [-0.2, -0.15) is 0 Å². The monoisotopic (exact) mass is 374 g/mol. The molecule has 2 aromatic heterocycles. The molecule has 6 nitrogen and oxygen atoms in total. The Bertz CT molecular complexity index is 883. The Morgan fingerprint density at radius 1 is 1.12 bits per heavy atom. The van der Waals surface area contributed by atoms with Gasteiger partial charge in [-0.15, -0.1) is 11.3 Å². The molecule has 0 spiro atoms. The van der Waals surface area contributed by atoms with E-state index >= 15 is 0 Å². The Morgan fingerprint density at radius 3 is 2.64 bits per heavy atom. The van der Waals surface area contributed by atoms with Crippen molar-refractivity contribution in [3.05, 3.63) is 36.2 Å². The zero-order chi connectivity index (χ0) is 17.8. The van der Waals surface area contributed by atoms with Gasteiger partial charge in [-0.1, -0.05) is 11.8 Å². The van der Waals surface area contributed by atoms with Crippen molar-refractivity contribution in [1.82, 2.24) is 15.0 Å². The maximum Gasteiger partial charge on any atom is 0.227 e. The van der Waals surface area contributed by atoms with Crippen LogP contribution in [0.2, 0.25) is 0 Å². The number of hydrogen-bond donors (Lipinski definition) is 1. The number of thiazole rings is 1. The van der Waals surface area contributed by atoms with Crippen LogP contribution in [0.15, 0.2) is 34.8 Å². The first kappa shape index (κ1) is 17.5. The van der Waals surface area contributed by atoms with Gasteiger partial charge in [0.25, 0.3) is 0 Å². The smallest absolute Gasteiger partial charge is 0.227 e. The summed E-state index contributed by atoms with van der Waals surface area (Å²) in [5.74, 6) is 1.88. The van der Waals surface area contributed by atoms with Crippen molar-refractivity contribution in [2.75, 3.05) is 25.8 Å². The molecule has 0 bridgehead atoms. The minimum Gasteiger partial charge on any atom is -0.497 e. The Kier molecular flexibility index (Phi) is 5.40. The van der Waals surface area contributed by atoms with E-state index in [0.717, 1.165) is 32.0 Å². The van der Waals surface area contributed by atoms with Gasteiger partial charge in [0, 0.05) is 12.3 Å². The first-order valence-corrected chi connectivity index (χ1v) is 9.52. The number of aromatic nitrogens is 3. The highest BCUT2D eigenvalue weighted by Crippen LogP contribution is 2.34. The summed E-state index contributed by atoms with van der Waals surface area (Å²) in [7, 11) is 3.23. The third-order valence-corrected chi connectivity index (χ3v) is 5.66. The number of rotatable bonds is 6. The lowest BCUT2D eigenvalue weighted by atomic mass is 10.2. The highest BCUT2D eigenvalue weighted by Gasteiger charge is 2.12. The third kappa shape index (κ3) is 3.85. The van der Waals surface area contributed by atoms with Crippen molar-refractivity contribution in [2.24, 2.45) is 0 Å². The van der Waals surface area contributed by atoms with Gasteiger partial charge in [0.05, 0.1) is 36.2 Å². The van der Waals surface area contributed by atoms with Gasteiger partial charge in [0.2, 0.25) is 5.95 Å². The van der Waals surface area contributed by atoms with E-state index in [2.05, 4.69) is 20.3 Å². The second-order valence-corrected chi connectivity index (χ2v) is 7.11. The molecule has 130 valence electrons. The molecule has 0 fully saturated rings. The van der Waals surface area contributed by atoms with Crippen LogP contribution in [0.1, 0.15) is 5.69 Å². The lowest BCUT2D eigenvalue weighted by Crippen LogP contribution is -2.00. The summed E-state index contributed by atoms with van der Waals surface area (Å²) in [5.41, 5.74) is 2.59. The minimum absolute atomic E-state index is 0.500. The van der Waals surface area contributed by atoms with Crippen LogP contribution in [0.25, 0.3) is 10.6 Å². The quantitative estimate of drug-likeness (QED) is 0.642. The van der Waals surface area contributed by atoms with E-state index in [1.807, 2.05) is 37.4 Å². The van der Waals surface area contributed by atoms with Gasteiger partial charge in [-0.05, 0) is 31.4 Å². The van der Waals surface area contributed by atoms with Crippen molar-refractivity contribution in [1.29, 1.82) is 0 Å². The van der Waals surface area contributed by atoms with Crippen molar-refractivity contribution in [2.45, 2.75) is 11.3 Å². The molecule has 0 saturated carbocycles. The highest BCUT2D eigenvalue weighted by molar-refractivity contribution is 8.00. The van der Waals surface area contributed by atoms with Crippen LogP contribution < -0.4 is 14.8 Å². The minimum atomic E-state index is 0.500. The molecule has 2 heterocycles. The summed E-state index contributed by atoms with van der Waals surface area (Å²) in [6.07, 6.45) is 3.75. The van der Waals surface area contributed by atoms with E-state index in [0.29, 0.717) is 11.7 Å². The van der Waals surface area contributed by atoms with Crippen LogP contribution in [-0.2, 0) is 0 Å². The van der Waals surface area contributed by atoms with E-state index in [-0.39, 0.29) is 0 Å². The van der Waals surface area contributed by atoms with Crippen LogP contribution in [0, 0.1) is 6.92 Å². The van der Waals surface area contributed by atoms with Gasteiger partial charge < -0.3 is 14.8 Å². The van der Waals surface area contributed by atoms with Crippen LogP contribution >= 0.6 is 23.1 Å². The Balaban J connectivity index is 1.91. The molecule has 0 aliphatic rings. The van der Waals surface area contributed by atoms with Gasteiger partial charge in [0.15, 0.2) is 4.34 Å². The third-order valence-electron chi connectivity index (χ3n) is 3.49. The predicted molar refractivity (Wildman–Crippen MR) is 102 cm³/mol. The summed E-state index contributed by atoms with van der Waals surface area (Å²) in [6, 6.07) is 7.43. The fourth-order valence-corrected chi connectivity index (χ4v) is 3.84. The fraction of sp³-hybridized carbons (Fsp3) is 0.235. The zero-order valence-electron chi connectivity index (χ0n) is 14.4. The number of ether oxygens (including phenoxy) is 2. The maximum atomic E-state index is 5.40. The summed E-state index contributed by atoms with van der Waals surface area (Å²) in [6.45, 7) is 1.99. The lowest BCUT2D eigenvalue weighted by molar-refractivity contribution is 0.395. The molecule has 0 atom stereocenters. The maximum absolute atomic E-state index is 5.40. The van der Waals surface area contributed by atoms with Gasteiger partial charge in [0.1, 0.15) is 11.5 Å². The number of aryl methyl sites for hydroxylation is 1. The number of methoxy groups -OCH3 is 2. The molecular formula is C17H18N4O2S2. The van der Waals surface area contributed by atoms with Crippen LogP contribution in [-0.4, -0.2) is 35.4 Å². The normalized spacial score (nSPS) is 10.6. The molecule has 0 radical (unpaired) electrons. The van der Waals surface area contributed by atoms with Crippen molar-refractivity contribution in [3.8, 4) is 22.1 Å². The van der Waals surface area contributed by atoms with Crippen molar-refractivity contribution < 1.29 is 9.47 Å². The summed E-state index contributed by atoms with van der Waals surface area (Å²) in [5, 5.41) is 3.20. The van der Waals surface area contributed by atoms with E-state index in [9.17, 15) is 0 Å². The molecular weight excluding hydrogens is 356 g/mol. The molecule has 0 saturated heterocycles. The molecule has 0 aliphatic carbocycles. The predicted octanol–water partition coefficient (Wildman–Crippen LogP) is 4.39. The topological polar surface area (TPSA) is 69.2 Å². The molecule has 25 heavy (non-hydrogen) atoms. The second kappa shape index (κ2) is 7.71. The second-order valence-electron chi connectivity index (χ2n) is 5.06. The largest absolute Gasteiger partial charge is 0.497 e. The van der Waals surface area contributed by atoms with Gasteiger partial charge >= 0.3 is 0 Å². The van der Waals surface area contributed by atoms with E-state index in [1.54, 1.807) is 43.5 Å². The molecule has 0 unspecified atom stereocenters. The van der Waals surface area contributed by atoms with E-state index in [1.165, 1.54) is 0 Å². The lowest BCUT2D eigenvalue weighted by Gasteiger charge is -2.11. The van der Waals surface area contributed by atoms with Gasteiger partial charge in [-0.25, -0.2) is 15.0 Å². The summed E-state index contributed by atoms with van der Waals surface area (Å²) >= 11 is 3.27. The average molecular weight is 374 g/mol. The van der Waals surface area contributed by atoms with Crippen molar-refractivity contribution in [3.63, 3.8) is 0 Å². The number of hydrogen-bond acceptors (Lipinski definition) is 8. The number of thioether (sulfide) groups is 1. The molecule has 0 aliphatic heterocycles. The molecule has 1 aromatic carbocycles. The molecule has 0 amide bonds. The van der Waals surface area contributed by atoms with Crippen LogP contribution in [0.5, 0.6) is 11.5 Å². The fourth-order valence-electron chi connectivity index (χ4n) is 2.26. The number of anilines is 2. The van der Waals surface area contributed by atoms with E-state index < -0.39 is 0 Å². The Labute approximate surface area is 154 Å². The van der Waals surface area contributed by atoms with Gasteiger partial charge in [-0.3, -0.25) is 0 Å². The standard InChI is InChI=1S/C17H18N4O2S2/c1-10-15(25-17(19-10)24-4)13-7-8-18-16(21-13)20-12-6-5-11(22-2)9-14(12)23-3/h5-9H,1-4H3,(H,18,20,21). The average Bonchev–Trinajstić information content (AvgIpc) is 3.03. The van der Waals surface area contributed by atoms with Crippen molar-refractivity contribution >= 4 is 34.7 Å². The SMILES string of the molecule is COc1ccc(Nc2nccc(-c3sc(SC)nc3C)n2)c(OC)c1. The van der Waals surface area contributed by atoms with Crippen LogP contribution in [0.3, 0.4) is 0 Å². The Morgan fingerprint density at radius 2 is 1.96 bits per heavy atom. The highest BCUT2D eigenvalue weighted by atomic mass is 32.2. The molecule has 3 aromatic rings. The number of benzene rings is 1.